The number of rotatable bonds is 0. The van der Waals surface area contributed by atoms with Gasteiger partial charge in [0.15, 0.2) is 0 Å². The van der Waals surface area contributed by atoms with E-state index in [1.807, 2.05) is 0 Å². The predicted octanol–water partition coefficient (Wildman–Crippen LogP) is 5.29. The number of aryl methyl sites for hydroxylation is 2. The lowest BCUT2D eigenvalue weighted by atomic mass is 9.62. The SMILES string of the molecule is C1=C2C3=Cc4ccccc4CC[C@H]3[C@@H]2CCc2ccccc21. The Hall–Kier alpha value is -2.08. The average Bonchev–Trinajstić information content (AvgIpc) is 2.81. The summed E-state index contributed by atoms with van der Waals surface area (Å²) in [5.41, 5.74) is 9.17. The molecular weight excluding hydrogens is 264 g/mol. The summed E-state index contributed by atoms with van der Waals surface area (Å²) in [5.74, 6) is 1.57. The number of hydrogen-bond acceptors (Lipinski definition) is 0. The van der Waals surface area contributed by atoms with Gasteiger partial charge in [-0.05, 0) is 70.9 Å². The van der Waals surface area contributed by atoms with Crippen molar-refractivity contribution in [3.05, 3.63) is 81.9 Å². The summed E-state index contributed by atoms with van der Waals surface area (Å²) >= 11 is 0. The maximum atomic E-state index is 2.48. The van der Waals surface area contributed by atoms with E-state index in [0.29, 0.717) is 0 Å². The molecule has 2 atom stereocenters. The van der Waals surface area contributed by atoms with Crippen LogP contribution in [0, 0.1) is 11.8 Å². The zero-order valence-corrected chi connectivity index (χ0v) is 12.8. The van der Waals surface area contributed by atoms with Crippen LogP contribution in [0.15, 0.2) is 59.7 Å². The predicted molar refractivity (Wildman–Crippen MR) is 92.5 cm³/mol. The highest BCUT2D eigenvalue weighted by Crippen LogP contribution is 2.53. The van der Waals surface area contributed by atoms with Gasteiger partial charge in [0.2, 0.25) is 0 Å². The molecule has 1 fully saturated rings. The fraction of sp³-hybridized carbons (Fsp3) is 0.273. The molecule has 0 unspecified atom stereocenters. The van der Waals surface area contributed by atoms with Gasteiger partial charge in [-0.3, -0.25) is 0 Å². The van der Waals surface area contributed by atoms with Crippen LogP contribution >= 0.6 is 0 Å². The largest absolute Gasteiger partial charge is 0.0620 e. The van der Waals surface area contributed by atoms with Crippen LogP contribution in [0.2, 0.25) is 0 Å². The van der Waals surface area contributed by atoms with Gasteiger partial charge in [0.1, 0.15) is 0 Å². The van der Waals surface area contributed by atoms with Crippen molar-refractivity contribution in [1.29, 1.82) is 0 Å². The second kappa shape index (κ2) is 4.71. The molecule has 1 saturated carbocycles. The first-order chi connectivity index (χ1) is 10.9. The van der Waals surface area contributed by atoms with Crippen LogP contribution in [0.4, 0.5) is 0 Å². The molecule has 2 aromatic carbocycles. The molecule has 3 aliphatic rings. The van der Waals surface area contributed by atoms with E-state index in [2.05, 4.69) is 60.7 Å². The van der Waals surface area contributed by atoms with Crippen molar-refractivity contribution in [2.75, 3.05) is 0 Å². The van der Waals surface area contributed by atoms with Gasteiger partial charge in [0, 0.05) is 0 Å². The first-order valence-corrected chi connectivity index (χ1v) is 8.49. The molecule has 22 heavy (non-hydrogen) atoms. The highest BCUT2D eigenvalue weighted by molar-refractivity contribution is 5.75. The molecule has 0 bridgehead atoms. The van der Waals surface area contributed by atoms with Crippen LogP contribution in [0.25, 0.3) is 12.2 Å². The second-order valence-corrected chi connectivity index (χ2v) is 6.89. The fourth-order valence-electron chi connectivity index (χ4n) is 4.62. The molecule has 0 N–H and O–H groups in total. The Labute approximate surface area is 132 Å². The van der Waals surface area contributed by atoms with Crippen LogP contribution in [0.1, 0.15) is 35.1 Å². The van der Waals surface area contributed by atoms with Crippen molar-refractivity contribution in [1.82, 2.24) is 0 Å². The van der Waals surface area contributed by atoms with Gasteiger partial charge in [-0.25, -0.2) is 0 Å². The molecule has 5 rings (SSSR count). The highest BCUT2D eigenvalue weighted by atomic mass is 14.5. The van der Waals surface area contributed by atoms with Crippen molar-refractivity contribution in [2.24, 2.45) is 11.8 Å². The van der Waals surface area contributed by atoms with Gasteiger partial charge in [0.05, 0.1) is 0 Å². The third-order valence-corrected chi connectivity index (χ3v) is 5.80. The quantitative estimate of drug-likeness (QED) is 0.616. The minimum absolute atomic E-state index is 0.785. The van der Waals surface area contributed by atoms with Gasteiger partial charge in [0.25, 0.3) is 0 Å². The molecule has 0 amide bonds. The molecule has 0 heterocycles. The Morgan fingerprint density at radius 2 is 1.05 bits per heavy atom. The van der Waals surface area contributed by atoms with E-state index in [-0.39, 0.29) is 0 Å². The number of hydrogen-bond donors (Lipinski definition) is 0. The highest BCUT2D eigenvalue weighted by Gasteiger charge is 2.41. The smallest absolute Gasteiger partial charge is 0.00866 e. The zero-order valence-electron chi connectivity index (χ0n) is 12.8. The van der Waals surface area contributed by atoms with E-state index in [4.69, 9.17) is 0 Å². The van der Waals surface area contributed by atoms with E-state index in [1.54, 1.807) is 11.1 Å². The molecule has 0 radical (unpaired) electrons. The Morgan fingerprint density at radius 3 is 1.55 bits per heavy atom. The van der Waals surface area contributed by atoms with Gasteiger partial charge >= 0.3 is 0 Å². The molecule has 3 aliphatic carbocycles. The Morgan fingerprint density at radius 1 is 0.591 bits per heavy atom. The van der Waals surface area contributed by atoms with Gasteiger partial charge in [-0.1, -0.05) is 60.7 Å². The van der Waals surface area contributed by atoms with E-state index >= 15 is 0 Å². The Kier molecular flexibility index (Phi) is 2.67. The molecule has 0 aromatic heterocycles. The van der Waals surface area contributed by atoms with Crippen molar-refractivity contribution in [2.45, 2.75) is 25.7 Å². The normalized spacial score (nSPS) is 25.1. The summed E-state index contributed by atoms with van der Waals surface area (Å²) in [4.78, 5) is 0. The lowest BCUT2D eigenvalue weighted by Crippen LogP contribution is -2.31. The second-order valence-electron chi connectivity index (χ2n) is 6.89. The zero-order chi connectivity index (χ0) is 14.5. The minimum atomic E-state index is 0.785. The lowest BCUT2D eigenvalue weighted by molar-refractivity contribution is 0.332. The molecule has 0 nitrogen and oxygen atoms in total. The third kappa shape index (κ3) is 1.76. The van der Waals surface area contributed by atoms with Gasteiger partial charge in [-0.15, -0.1) is 0 Å². The van der Waals surface area contributed by atoms with Gasteiger partial charge in [-0.2, -0.15) is 0 Å². The number of benzene rings is 2. The third-order valence-electron chi connectivity index (χ3n) is 5.80. The van der Waals surface area contributed by atoms with Crippen LogP contribution in [0.3, 0.4) is 0 Å². The number of fused-ring (bicyclic) bond motifs is 6. The summed E-state index contributed by atoms with van der Waals surface area (Å²) in [5, 5.41) is 0. The summed E-state index contributed by atoms with van der Waals surface area (Å²) in [6, 6.07) is 17.9. The molecular formula is C22H20. The summed E-state index contributed by atoms with van der Waals surface area (Å²) in [6.45, 7) is 0. The fourth-order valence-corrected chi connectivity index (χ4v) is 4.62. The van der Waals surface area contributed by atoms with E-state index in [9.17, 15) is 0 Å². The molecule has 0 spiro atoms. The first kappa shape index (κ1) is 12.5. The minimum Gasteiger partial charge on any atom is -0.0620 e. The topological polar surface area (TPSA) is 0 Å². The lowest BCUT2D eigenvalue weighted by Gasteiger charge is -2.42. The molecule has 108 valence electrons. The van der Waals surface area contributed by atoms with Crippen molar-refractivity contribution in [3.8, 4) is 0 Å². The summed E-state index contributed by atoms with van der Waals surface area (Å²) in [6.07, 6.45) is 10.1. The number of allylic oxidation sites excluding steroid dienone is 2. The van der Waals surface area contributed by atoms with Crippen molar-refractivity contribution < 1.29 is 0 Å². The van der Waals surface area contributed by atoms with Gasteiger partial charge < -0.3 is 0 Å². The summed E-state index contributed by atoms with van der Waals surface area (Å²) < 4.78 is 0. The van der Waals surface area contributed by atoms with E-state index in [1.165, 1.54) is 47.9 Å². The molecule has 0 saturated heterocycles. The van der Waals surface area contributed by atoms with Crippen LogP contribution in [0.5, 0.6) is 0 Å². The summed E-state index contributed by atoms with van der Waals surface area (Å²) in [7, 11) is 0. The Balaban J connectivity index is 1.62. The maximum absolute atomic E-state index is 2.48. The van der Waals surface area contributed by atoms with E-state index in [0.717, 1.165) is 11.8 Å². The maximum Gasteiger partial charge on any atom is -0.00866 e. The van der Waals surface area contributed by atoms with Crippen LogP contribution in [-0.2, 0) is 12.8 Å². The molecule has 2 aromatic rings. The van der Waals surface area contributed by atoms with E-state index < -0.39 is 0 Å². The monoisotopic (exact) mass is 284 g/mol. The van der Waals surface area contributed by atoms with Crippen LogP contribution in [-0.4, -0.2) is 0 Å². The van der Waals surface area contributed by atoms with Crippen LogP contribution < -0.4 is 0 Å². The van der Waals surface area contributed by atoms with Crippen molar-refractivity contribution >= 4 is 12.2 Å². The first-order valence-electron chi connectivity index (χ1n) is 8.49. The average molecular weight is 284 g/mol. The van der Waals surface area contributed by atoms with Crippen molar-refractivity contribution in [3.63, 3.8) is 0 Å². The Bertz CT molecular complexity index is 737. The molecule has 0 heteroatoms. The standard InChI is InChI=1S/C22H20/c1-3-7-17-13-21-19(11-9-15(17)5-1)20-12-10-16-6-2-4-8-18(16)14-22(20)21/h1-8,13-14,19-20H,9-12H2/t19-,20-/m0/s1. The molecule has 0 aliphatic heterocycles.